The molecule has 0 spiro atoms. The van der Waals surface area contributed by atoms with Gasteiger partial charge in [0.25, 0.3) is 5.91 Å². The molecule has 2 aromatic carbocycles. The average Bonchev–Trinajstić information content (AvgIpc) is 3.41. The van der Waals surface area contributed by atoms with Crippen LogP contribution in [0, 0.1) is 5.92 Å². The molecule has 186 valence electrons. The summed E-state index contributed by atoms with van der Waals surface area (Å²) in [5, 5.41) is 12.0. The minimum atomic E-state index is -1.08. The van der Waals surface area contributed by atoms with E-state index in [0.717, 1.165) is 22.3 Å². The third-order valence-corrected chi connectivity index (χ3v) is 6.68. The Morgan fingerprint density at radius 1 is 1.06 bits per heavy atom. The van der Waals surface area contributed by atoms with Gasteiger partial charge >= 0.3 is 12.1 Å². The molecule has 2 amide bonds. The fourth-order valence-electron chi connectivity index (χ4n) is 4.91. The molecule has 2 aliphatic rings. The van der Waals surface area contributed by atoms with Gasteiger partial charge in [0.05, 0.1) is 0 Å². The number of hydrogen-bond donors (Lipinski definition) is 2. The summed E-state index contributed by atoms with van der Waals surface area (Å²) in [6.07, 6.45) is -0.767. The zero-order valence-corrected chi connectivity index (χ0v) is 20.3. The van der Waals surface area contributed by atoms with Gasteiger partial charge in [0.2, 0.25) is 0 Å². The van der Waals surface area contributed by atoms with Gasteiger partial charge in [-0.25, -0.2) is 4.79 Å². The number of aliphatic carboxylic acids is 1. The topological polar surface area (TPSA) is 105 Å². The number of nitrogens with one attached hydrogen (secondary N) is 1. The van der Waals surface area contributed by atoms with E-state index in [4.69, 9.17) is 9.47 Å². The van der Waals surface area contributed by atoms with E-state index in [1.54, 1.807) is 20.8 Å². The molecule has 2 atom stereocenters. The normalized spacial score (nSPS) is 19.1. The summed E-state index contributed by atoms with van der Waals surface area (Å²) >= 11 is 0. The molecule has 35 heavy (non-hydrogen) atoms. The minimum Gasteiger partial charge on any atom is -0.480 e. The second-order valence-electron chi connectivity index (χ2n) is 10.0. The van der Waals surface area contributed by atoms with Crippen LogP contribution in [0.1, 0.15) is 44.2 Å². The first kappa shape index (κ1) is 24.7. The van der Waals surface area contributed by atoms with Crippen LogP contribution >= 0.6 is 0 Å². The van der Waals surface area contributed by atoms with Crippen LogP contribution in [0.15, 0.2) is 48.5 Å². The van der Waals surface area contributed by atoms with Crippen LogP contribution in [0.25, 0.3) is 11.1 Å². The zero-order valence-electron chi connectivity index (χ0n) is 20.3. The fourth-order valence-corrected chi connectivity index (χ4v) is 4.91. The maximum absolute atomic E-state index is 13.1. The smallest absolute Gasteiger partial charge is 0.407 e. The highest BCUT2D eigenvalue weighted by atomic mass is 16.5. The molecule has 8 heteroatoms. The van der Waals surface area contributed by atoms with Crippen LogP contribution in [-0.2, 0) is 19.1 Å². The van der Waals surface area contributed by atoms with Crippen molar-refractivity contribution in [2.24, 2.45) is 5.92 Å². The summed E-state index contributed by atoms with van der Waals surface area (Å²) in [6.45, 7) is 5.73. The highest BCUT2D eigenvalue weighted by Crippen LogP contribution is 2.44. The monoisotopic (exact) mass is 480 g/mol. The summed E-state index contributed by atoms with van der Waals surface area (Å²) in [4.78, 5) is 38.3. The Kier molecular flexibility index (Phi) is 7.12. The molecule has 0 unspecified atom stereocenters. The molecule has 1 heterocycles. The number of nitrogens with zero attached hydrogens (tertiary/aromatic N) is 1. The number of carbonyl (C=O) groups is 3. The van der Waals surface area contributed by atoms with Crippen molar-refractivity contribution in [2.45, 2.75) is 44.8 Å². The van der Waals surface area contributed by atoms with Crippen LogP contribution in [0.5, 0.6) is 0 Å². The largest absolute Gasteiger partial charge is 0.480 e. The summed E-state index contributed by atoms with van der Waals surface area (Å²) in [7, 11) is 0. The van der Waals surface area contributed by atoms with Crippen molar-refractivity contribution in [3.8, 4) is 11.1 Å². The summed E-state index contributed by atoms with van der Waals surface area (Å²) in [5.41, 5.74) is 3.92. The van der Waals surface area contributed by atoms with Crippen LogP contribution in [0.2, 0.25) is 0 Å². The number of carbonyl (C=O) groups excluding carboxylic acids is 2. The molecule has 1 aliphatic heterocycles. The van der Waals surface area contributed by atoms with E-state index in [0.29, 0.717) is 13.0 Å². The van der Waals surface area contributed by atoms with Gasteiger partial charge in [-0.15, -0.1) is 0 Å². The minimum absolute atomic E-state index is 0.0337. The zero-order chi connectivity index (χ0) is 25.2. The van der Waals surface area contributed by atoms with Crippen molar-refractivity contribution in [1.29, 1.82) is 0 Å². The number of alkyl carbamates (subject to hydrolysis) is 1. The van der Waals surface area contributed by atoms with E-state index < -0.39 is 30.3 Å². The fraction of sp³-hybridized carbons (Fsp3) is 0.444. The Bertz CT molecular complexity index is 1060. The molecule has 0 bridgehead atoms. The van der Waals surface area contributed by atoms with E-state index in [1.807, 2.05) is 24.3 Å². The molecule has 0 saturated carbocycles. The summed E-state index contributed by atoms with van der Waals surface area (Å²) in [6, 6.07) is 16.3. The quantitative estimate of drug-likeness (QED) is 0.627. The van der Waals surface area contributed by atoms with Crippen molar-refractivity contribution in [3.05, 3.63) is 59.7 Å². The Morgan fingerprint density at radius 2 is 1.66 bits per heavy atom. The van der Waals surface area contributed by atoms with Crippen molar-refractivity contribution < 1.29 is 29.0 Å². The van der Waals surface area contributed by atoms with E-state index in [1.165, 1.54) is 4.90 Å². The van der Waals surface area contributed by atoms with Crippen LogP contribution < -0.4 is 5.32 Å². The maximum atomic E-state index is 13.1. The summed E-state index contributed by atoms with van der Waals surface area (Å²) in [5.74, 6) is -1.76. The molecule has 0 aromatic heterocycles. The van der Waals surface area contributed by atoms with E-state index in [9.17, 15) is 19.5 Å². The third kappa shape index (κ3) is 5.32. The van der Waals surface area contributed by atoms with E-state index in [-0.39, 0.29) is 30.9 Å². The Balaban J connectivity index is 1.35. The number of fused-ring (bicyclic) bond motifs is 3. The molecule has 1 saturated heterocycles. The van der Waals surface area contributed by atoms with Gasteiger partial charge in [0.15, 0.2) is 0 Å². The molecule has 0 radical (unpaired) electrons. The molecule has 1 aliphatic carbocycles. The van der Waals surface area contributed by atoms with E-state index >= 15 is 0 Å². The second-order valence-corrected chi connectivity index (χ2v) is 10.0. The number of rotatable bonds is 7. The lowest BCUT2D eigenvalue weighted by molar-refractivity contribution is -0.155. The van der Waals surface area contributed by atoms with Crippen molar-refractivity contribution in [2.75, 3.05) is 26.3 Å². The first-order chi connectivity index (χ1) is 16.7. The molecule has 4 rings (SSSR count). The second kappa shape index (κ2) is 10.1. The highest BCUT2D eigenvalue weighted by molar-refractivity contribution is 5.86. The van der Waals surface area contributed by atoms with Gasteiger partial charge in [-0.1, -0.05) is 48.5 Å². The number of carboxylic acid groups (broad SMARTS) is 1. The predicted octanol–water partition coefficient (Wildman–Crippen LogP) is 3.64. The number of ether oxygens (including phenoxy) is 2. The predicted molar refractivity (Wildman–Crippen MR) is 130 cm³/mol. The molecular weight excluding hydrogens is 448 g/mol. The molecule has 2 N–H and O–H groups in total. The van der Waals surface area contributed by atoms with Gasteiger partial charge in [-0.05, 0) is 49.4 Å². The molecule has 8 nitrogen and oxygen atoms in total. The van der Waals surface area contributed by atoms with Crippen LogP contribution in [0.3, 0.4) is 0 Å². The van der Waals surface area contributed by atoms with Gasteiger partial charge < -0.3 is 24.8 Å². The van der Waals surface area contributed by atoms with Crippen molar-refractivity contribution in [3.63, 3.8) is 0 Å². The SMILES string of the molecule is CC(C)(C)N(CC(=O)O)C(=O)[C@@H]1OCC[C@@H]1CNC(=O)OCC1c2ccccc2-c2ccccc21. The number of carboxylic acids is 1. The number of benzene rings is 2. The lowest BCUT2D eigenvalue weighted by atomic mass is 9.97. The Morgan fingerprint density at radius 3 is 2.23 bits per heavy atom. The third-order valence-electron chi connectivity index (χ3n) is 6.68. The highest BCUT2D eigenvalue weighted by Gasteiger charge is 2.41. The average molecular weight is 481 g/mol. The maximum Gasteiger partial charge on any atom is 0.407 e. The first-order valence-corrected chi connectivity index (χ1v) is 11.9. The molecule has 1 fully saturated rings. The Labute approximate surface area is 205 Å². The Hall–Kier alpha value is -3.39. The number of amides is 2. The molecule has 2 aromatic rings. The summed E-state index contributed by atoms with van der Waals surface area (Å²) < 4.78 is 11.2. The van der Waals surface area contributed by atoms with Crippen molar-refractivity contribution >= 4 is 18.0 Å². The van der Waals surface area contributed by atoms with Crippen LogP contribution in [0.4, 0.5) is 4.79 Å². The number of hydrogen-bond acceptors (Lipinski definition) is 5. The van der Waals surface area contributed by atoms with Gasteiger partial charge in [-0.2, -0.15) is 0 Å². The molecular formula is C27H32N2O6. The standard InChI is InChI=1S/C27H32N2O6/c1-27(2,3)29(15-23(30)31)25(32)24-17(12-13-34-24)14-28-26(33)35-16-22-20-10-6-4-8-18(20)19-9-5-7-11-21(19)22/h4-11,17,22,24H,12-16H2,1-3H3,(H,28,33)(H,30,31)/t17-,24-/m1/s1. The first-order valence-electron chi connectivity index (χ1n) is 11.9. The van der Waals surface area contributed by atoms with E-state index in [2.05, 4.69) is 29.6 Å². The van der Waals surface area contributed by atoms with Gasteiger partial charge in [0, 0.05) is 30.5 Å². The lowest BCUT2D eigenvalue weighted by Gasteiger charge is -2.36. The van der Waals surface area contributed by atoms with Crippen LogP contribution in [-0.4, -0.2) is 65.9 Å². The van der Waals surface area contributed by atoms with Crippen molar-refractivity contribution in [1.82, 2.24) is 10.2 Å². The van der Waals surface area contributed by atoms with Gasteiger partial charge in [-0.3, -0.25) is 9.59 Å². The lowest BCUT2D eigenvalue weighted by Crippen LogP contribution is -2.53. The van der Waals surface area contributed by atoms with Gasteiger partial charge in [0.1, 0.15) is 19.3 Å².